The zero-order chi connectivity index (χ0) is 11.3. The van der Waals surface area contributed by atoms with Crippen molar-refractivity contribution in [1.29, 1.82) is 0 Å². The highest BCUT2D eigenvalue weighted by atomic mass is 16.0. The van der Waals surface area contributed by atoms with Gasteiger partial charge in [-0.2, -0.15) is 5.12 Å². The summed E-state index contributed by atoms with van der Waals surface area (Å²) in [5.74, 6) is 0.564. The number of para-hydroxylation sites is 1. The summed E-state index contributed by atoms with van der Waals surface area (Å²) in [5, 5.41) is 7.63. The van der Waals surface area contributed by atoms with Gasteiger partial charge in [0.2, 0.25) is 0 Å². The Morgan fingerprint density at radius 2 is 2.12 bits per heavy atom. The van der Waals surface area contributed by atoms with E-state index in [0.29, 0.717) is 5.84 Å². The Balaban J connectivity index is 1.78. The van der Waals surface area contributed by atoms with Crippen LogP contribution in [0.25, 0.3) is 0 Å². The molecular weight excluding hydrogens is 204 g/mol. The highest BCUT2D eigenvalue weighted by molar-refractivity contribution is 5.89. The highest BCUT2D eigenvalue weighted by Crippen LogP contribution is 2.31. The van der Waals surface area contributed by atoms with Gasteiger partial charge in [-0.1, -0.05) is 18.2 Å². The number of hydrogen-bond donors (Lipinski definition) is 3. The third-order valence-electron chi connectivity index (χ3n) is 2.98. The van der Waals surface area contributed by atoms with Gasteiger partial charge < -0.3 is 11.5 Å². The molecule has 1 fully saturated rings. The van der Waals surface area contributed by atoms with Crippen molar-refractivity contribution < 1.29 is 0 Å². The minimum Gasteiger partial charge on any atom is -0.384 e. The summed E-state index contributed by atoms with van der Waals surface area (Å²) in [6, 6.07) is 8.01. The van der Waals surface area contributed by atoms with Crippen molar-refractivity contribution >= 4 is 11.5 Å². The van der Waals surface area contributed by atoms with Crippen molar-refractivity contribution in [3.05, 3.63) is 29.8 Å². The highest BCUT2D eigenvalue weighted by Gasteiger charge is 2.53. The minimum absolute atomic E-state index is 0.0281. The molecule has 16 heavy (non-hydrogen) atoms. The Morgan fingerprint density at radius 1 is 1.38 bits per heavy atom. The smallest absolute Gasteiger partial charge is 0.147 e. The van der Waals surface area contributed by atoms with Crippen LogP contribution in [-0.2, 0) is 0 Å². The van der Waals surface area contributed by atoms with E-state index in [9.17, 15) is 0 Å². The van der Waals surface area contributed by atoms with Crippen LogP contribution >= 0.6 is 0 Å². The second-order valence-electron chi connectivity index (χ2n) is 4.05. The molecule has 1 saturated heterocycles. The number of hydrazone groups is 1. The lowest BCUT2D eigenvalue weighted by atomic mass is 10.2. The molecule has 1 aromatic rings. The normalized spacial score (nSPS) is 27.6. The van der Waals surface area contributed by atoms with Gasteiger partial charge in [-0.25, -0.2) is 0 Å². The molecule has 84 valence electrons. The van der Waals surface area contributed by atoms with Gasteiger partial charge in [0.1, 0.15) is 18.0 Å². The van der Waals surface area contributed by atoms with E-state index in [4.69, 9.17) is 11.5 Å². The van der Waals surface area contributed by atoms with E-state index in [2.05, 4.69) is 10.5 Å². The lowest BCUT2D eigenvalue weighted by molar-refractivity contribution is -0.143. The predicted molar refractivity (Wildman–Crippen MR) is 61.9 cm³/mol. The van der Waals surface area contributed by atoms with E-state index in [1.165, 1.54) is 5.56 Å². The van der Waals surface area contributed by atoms with Crippen molar-refractivity contribution in [1.82, 2.24) is 10.2 Å². The molecule has 3 aliphatic heterocycles. The summed E-state index contributed by atoms with van der Waals surface area (Å²) in [4.78, 5) is 0. The van der Waals surface area contributed by atoms with Crippen LogP contribution in [0.2, 0.25) is 0 Å². The van der Waals surface area contributed by atoms with Crippen molar-refractivity contribution in [3.8, 4) is 0 Å². The molecule has 3 aliphatic rings. The van der Waals surface area contributed by atoms with Crippen molar-refractivity contribution in [2.24, 2.45) is 16.6 Å². The van der Waals surface area contributed by atoms with E-state index in [0.717, 1.165) is 5.69 Å². The number of rotatable bonds is 2. The largest absolute Gasteiger partial charge is 0.384 e. The first-order chi connectivity index (χ1) is 7.68. The van der Waals surface area contributed by atoms with Crippen LogP contribution in [0.4, 0.5) is 5.69 Å². The van der Waals surface area contributed by atoms with Crippen molar-refractivity contribution in [2.75, 3.05) is 5.43 Å². The fraction of sp³-hybridized carbons (Fsp3) is 0.300. The molecule has 0 aromatic heterocycles. The van der Waals surface area contributed by atoms with Crippen LogP contribution in [0.15, 0.2) is 29.4 Å². The minimum atomic E-state index is -0.128. The lowest BCUT2D eigenvalue weighted by Gasteiger charge is -2.46. The maximum atomic E-state index is 5.85. The molecule has 0 spiro atoms. The van der Waals surface area contributed by atoms with Crippen LogP contribution in [0.3, 0.4) is 0 Å². The van der Waals surface area contributed by atoms with Gasteiger partial charge in [0.05, 0.1) is 5.69 Å². The Bertz CT molecular complexity index is 456. The van der Waals surface area contributed by atoms with E-state index in [1.54, 1.807) is 5.12 Å². The summed E-state index contributed by atoms with van der Waals surface area (Å²) >= 11 is 0. The molecule has 5 N–H and O–H groups in total. The van der Waals surface area contributed by atoms with E-state index in [-0.39, 0.29) is 12.2 Å². The zero-order valence-corrected chi connectivity index (χ0v) is 8.96. The third-order valence-corrected chi connectivity index (χ3v) is 2.98. The maximum absolute atomic E-state index is 5.85. The number of nitrogens with two attached hydrogens (primary N) is 2. The number of anilines is 1. The predicted octanol–water partition coefficient (Wildman–Crippen LogP) is -0.206. The summed E-state index contributed by atoms with van der Waals surface area (Å²) in [6.07, 6.45) is -0.128. The first kappa shape index (κ1) is 9.44. The molecule has 0 amide bonds. The van der Waals surface area contributed by atoms with E-state index in [1.807, 2.05) is 36.3 Å². The van der Waals surface area contributed by atoms with Gasteiger partial charge in [0.25, 0.3) is 0 Å². The number of nitrogens with zero attached hydrogens (tertiary/aromatic N) is 3. The van der Waals surface area contributed by atoms with Gasteiger partial charge in [-0.05, 0) is 18.6 Å². The monoisotopic (exact) mass is 218 g/mol. The molecular formula is C10H14N6. The molecule has 2 atom stereocenters. The average Bonchev–Trinajstić information content (AvgIpc) is 2.74. The second kappa shape index (κ2) is 3.10. The maximum Gasteiger partial charge on any atom is 0.147 e. The molecule has 0 saturated carbocycles. The number of hydrogen-bond acceptors (Lipinski definition) is 6. The van der Waals surface area contributed by atoms with Gasteiger partial charge >= 0.3 is 0 Å². The molecule has 3 heterocycles. The molecule has 2 unspecified atom stereocenters. The number of benzene rings is 1. The molecule has 1 aromatic carbocycles. The van der Waals surface area contributed by atoms with Gasteiger partial charge in [0, 0.05) is 0 Å². The molecule has 6 heteroatoms. The van der Waals surface area contributed by atoms with Crippen LogP contribution in [0.5, 0.6) is 0 Å². The third kappa shape index (κ3) is 1.11. The fourth-order valence-corrected chi connectivity index (χ4v) is 2.01. The zero-order valence-electron chi connectivity index (χ0n) is 8.96. The molecule has 2 bridgehead atoms. The van der Waals surface area contributed by atoms with Gasteiger partial charge in [0.15, 0.2) is 0 Å². The van der Waals surface area contributed by atoms with Gasteiger partial charge in [-0.15, -0.1) is 10.2 Å². The summed E-state index contributed by atoms with van der Waals surface area (Å²) < 4.78 is 0. The Morgan fingerprint density at radius 3 is 2.69 bits per heavy atom. The van der Waals surface area contributed by atoms with Crippen LogP contribution in [-0.4, -0.2) is 28.3 Å². The number of amidine groups is 1. The molecule has 0 aliphatic carbocycles. The number of aryl methyl sites for hydroxylation is 1. The molecule has 0 radical (unpaired) electrons. The van der Waals surface area contributed by atoms with E-state index < -0.39 is 0 Å². The first-order valence-corrected chi connectivity index (χ1v) is 5.18. The van der Waals surface area contributed by atoms with Crippen LogP contribution in [0.1, 0.15) is 5.56 Å². The second-order valence-corrected chi connectivity index (χ2v) is 4.05. The fourth-order valence-electron chi connectivity index (χ4n) is 2.01. The topological polar surface area (TPSA) is 82.9 Å². The lowest BCUT2D eigenvalue weighted by Crippen LogP contribution is -2.72. The Kier molecular flexibility index (Phi) is 1.83. The molecule has 6 nitrogen and oxygen atoms in total. The van der Waals surface area contributed by atoms with Gasteiger partial charge in [-0.3, -0.25) is 5.43 Å². The Labute approximate surface area is 93.4 Å². The SMILES string of the molecule is Cc1ccccc1NN1C2C(N)=NN1C2N. The average molecular weight is 218 g/mol. The first-order valence-electron chi connectivity index (χ1n) is 5.18. The standard InChI is InChI=1S/C10H14N6/c1-6-4-2-3-5-7(6)13-15-8-9(11)14-16(15)10(8)12/h2-5,8,10,13H,12H2,1H3,(H2,11,14). The summed E-state index contributed by atoms with van der Waals surface area (Å²) in [7, 11) is 0. The van der Waals surface area contributed by atoms with Crippen LogP contribution < -0.4 is 16.9 Å². The van der Waals surface area contributed by atoms with E-state index >= 15 is 0 Å². The van der Waals surface area contributed by atoms with Crippen molar-refractivity contribution in [3.63, 3.8) is 0 Å². The van der Waals surface area contributed by atoms with Crippen LogP contribution in [0, 0.1) is 6.92 Å². The number of hydrazine groups is 2. The van der Waals surface area contributed by atoms with Crippen molar-refractivity contribution in [2.45, 2.75) is 19.1 Å². The Hall–Kier alpha value is -1.79. The summed E-state index contributed by atoms with van der Waals surface area (Å²) in [6.45, 7) is 2.05. The molecule has 4 rings (SSSR count). The quantitative estimate of drug-likeness (QED) is 0.640. The summed E-state index contributed by atoms with van der Waals surface area (Å²) in [5.41, 5.74) is 17.0. The number of nitrogens with one attached hydrogen (secondary N) is 1.